The third-order valence-electron chi connectivity index (χ3n) is 6.22. The summed E-state index contributed by atoms with van der Waals surface area (Å²) in [4.78, 5) is 18.6. The number of ether oxygens (including phenoxy) is 2. The summed E-state index contributed by atoms with van der Waals surface area (Å²) in [6, 6.07) is 9.71. The Bertz CT molecular complexity index is 857. The van der Waals surface area contributed by atoms with Crippen molar-refractivity contribution in [3.05, 3.63) is 52.8 Å². The number of halogens is 1. The van der Waals surface area contributed by atoms with E-state index in [1.54, 1.807) is 25.4 Å². The summed E-state index contributed by atoms with van der Waals surface area (Å²) in [7, 11) is 1.69. The van der Waals surface area contributed by atoms with Crippen LogP contribution in [0.2, 0.25) is 5.15 Å². The molecule has 1 saturated heterocycles. The highest BCUT2D eigenvalue weighted by molar-refractivity contribution is 6.29. The molecule has 2 aromatic rings. The van der Waals surface area contributed by atoms with E-state index in [-0.39, 0.29) is 5.91 Å². The van der Waals surface area contributed by atoms with Gasteiger partial charge in [-0.2, -0.15) is 0 Å². The van der Waals surface area contributed by atoms with Gasteiger partial charge in [0.2, 0.25) is 0 Å². The molecule has 0 unspecified atom stereocenters. The Morgan fingerprint density at radius 2 is 1.87 bits per heavy atom. The summed E-state index contributed by atoms with van der Waals surface area (Å²) < 4.78 is 11.7. The van der Waals surface area contributed by atoms with Gasteiger partial charge >= 0.3 is 0 Å². The molecular formula is C24H29ClN2O3. The average Bonchev–Trinajstić information content (AvgIpc) is 3.28. The first-order chi connectivity index (χ1) is 14.6. The Hall–Kier alpha value is -2.27. The van der Waals surface area contributed by atoms with Crippen LogP contribution >= 0.6 is 11.6 Å². The van der Waals surface area contributed by atoms with E-state index in [1.165, 1.54) is 18.4 Å². The number of methoxy groups -OCH3 is 1. The Morgan fingerprint density at radius 1 is 1.10 bits per heavy atom. The molecule has 0 bridgehead atoms. The van der Waals surface area contributed by atoms with Gasteiger partial charge in [0.15, 0.2) is 11.5 Å². The van der Waals surface area contributed by atoms with E-state index in [9.17, 15) is 4.79 Å². The zero-order chi connectivity index (χ0) is 20.9. The van der Waals surface area contributed by atoms with Crippen molar-refractivity contribution in [2.75, 3.05) is 20.2 Å². The number of hydrogen-bond donors (Lipinski definition) is 0. The van der Waals surface area contributed by atoms with E-state index in [1.807, 2.05) is 11.0 Å². The van der Waals surface area contributed by atoms with Gasteiger partial charge in [-0.15, -0.1) is 0 Å². The smallest absolute Gasteiger partial charge is 0.255 e. The number of carbonyl (C=O) groups excluding carboxylic acids is 1. The van der Waals surface area contributed by atoms with Gasteiger partial charge in [0.25, 0.3) is 5.91 Å². The molecule has 1 aromatic heterocycles. The van der Waals surface area contributed by atoms with Crippen molar-refractivity contribution in [1.29, 1.82) is 0 Å². The third kappa shape index (κ3) is 5.07. The van der Waals surface area contributed by atoms with E-state index in [0.29, 0.717) is 22.7 Å². The molecule has 1 aliphatic heterocycles. The van der Waals surface area contributed by atoms with Crippen molar-refractivity contribution in [2.45, 2.75) is 51.0 Å². The largest absolute Gasteiger partial charge is 0.493 e. The van der Waals surface area contributed by atoms with Crippen molar-refractivity contribution in [2.24, 2.45) is 5.92 Å². The van der Waals surface area contributed by atoms with Gasteiger partial charge in [-0.3, -0.25) is 4.79 Å². The topological polar surface area (TPSA) is 51.7 Å². The fourth-order valence-corrected chi connectivity index (χ4v) is 4.60. The first-order valence-corrected chi connectivity index (χ1v) is 11.2. The van der Waals surface area contributed by atoms with Crippen LogP contribution in [0.3, 0.4) is 0 Å². The van der Waals surface area contributed by atoms with E-state index >= 15 is 0 Å². The standard InChI is InChI=1S/C24H29ClN2O3/c1-29-21-8-6-18(15-22(21)30-20-4-2-3-5-20)14-17-10-12-27(13-11-17)24(28)19-7-9-23(25)26-16-19/h6-9,15-17,20H,2-5,10-14H2,1H3. The quantitative estimate of drug-likeness (QED) is 0.596. The van der Waals surface area contributed by atoms with Crippen molar-refractivity contribution >= 4 is 17.5 Å². The van der Waals surface area contributed by atoms with E-state index in [0.717, 1.165) is 56.7 Å². The molecule has 30 heavy (non-hydrogen) atoms. The summed E-state index contributed by atoms with van der Waals surface area (Å²) >= 11 is 5.82. The normalized spacial score (nSPS) is 17.9. The van der Waals surface area contributed by atoms with E-state index in [4.69, 9.17) is 21.1 Å². The van der Waals surface area contributed by atoms with Crippen LogP contribution in [-0.4, -0.2) is 42.1 Å². The number of pyridine rings is 1. The lowest BCUT2D eigenvalue weighted by molar-refractivity contribution is 0.0690. The molecule has 160 valence electrons. The monoisotopic (exact) mass is 428 g/mol. The van der Waals surface area contributed by atoms with Crippen LogP contribution in [0.5, 0.6) is 11.5 Å². The Kier molecular flexibility index (Phi) is 6.78. The molecule has 2 fully saturated rings. The van der Waals surface area contributed by atoms with Crippen molar-refractivity contribution in [3.8, 4) is 11.5 Å². The Labute approximate surface area is 183 Å². The molecule has 0 N–H and O–H groups in total. The Morgan fingerprint density at radius 3 is 2.53 bits per heavy atom. The molecule has 0 spiro atoms. The van der Waals surface area contributed by atoms with Gasteiger partial charge in [-0.25, -0.2) is 4.98 Å². The van der Waals surface area contributed by atoms with Crippen LogP contribution in [0.15, 0.2) is 36.5 Å². The molecule has 4 rings (SSSR count). The molecule has 0 radical (unpaired) electrons. The van der Waals surface area contributed by atoms with Gasteiger partial charge in [0.05, 0.1) is 18.8 Å². The average molecular weight is 429 g/mol. The predicted molar refractivity (Wildman–Crippen MR) is 117 cm³/mol. The number of hydrogen-bond acceptors (Lipinski definition) is 4. The zero-order valence-electron chi connectivity index (χ0n) is 17.5. The highest BCUT2D eigenvalue weighted by Crippen LogP contribution is 2.34. The van der Waals surface area contributed by atoms with Crippen LogP contribution in [0, 0.1) is 5.92 Å². The lowest BCUT2D eigenvalue weighted by Crippen LogP contribution is -2.38. The second kappa shape index (κ2) is 9.69. The van der Waals surface area contributed by atoms with Crippen molar-refractivity contribution in [3.63, 3.8) is 0 Å². The summed E-state index contributed by atoms with van der Waals surface area (Å²) in [5.74, 6) is 2.27. The van der Waals surface area contributed by atoms with E-state index < -0.39 is 0 Å². The first kappa shape index (κ1) is 21.0. The van der Waals surface area contributed by atoms with Gasteiger partial charge in [-0.1, -0.05) is 17.7 Å². The molecule has 1 aromatic carbocycles. The molecule has 5 nitrogen and oxygen atoms in total. The van der Waals surface area contributed by atoms with Gasteiger partial charge in [0, 0.05) is 19.3 Å². The number of carbonyl (C=O) groups is 1. The Balaban J connectivity index is 1.34. The van der Waals surface area contributed by atoms with Gasteiger partial charge in [-0.05, 0) is 80.7 Å². The number of amides is 1. The molecule has 1 aliphatic carbocycles. The summed E-state index contributed by atoms with van der Waals surface area (Å²) in [5.41, 5.74) is 1.87. The van der Waals surface area contributed by atoms with Crippen LogP contribution in [0.1, 0.15) is 54.4 Å². The second-order valence-electron chi connectivity index (χ2n) is 8.32. The molecule has 1 amide bonds. The minimum Gasteiger partial charge on any atom is -0.493 e. The minimum absolute atomic E-state index is 0.0364. The number of nitrogens with zero attached hydrogens (tertiary/aromatic N) is 2. The summed E-state index contributed by atoms with van der Waals surface area (Å²) in [6.07, 6.45) is 9.61. The van der Waals surface area contributed by atoms with E-state index in [2.05, 4.69) is 17.1 Å². The maximum absolute atomic E-state index is 12.7. The molecule has 2 heterocycles. The molecule has 2 aliphatic rings. The number of piperidine rings is 1. The predicted octanol–water partition coefficient (Wildman–Crippen LogP) is 5.16. The van der Waals surface area contributed by atoms with Crippen LogP contribution in [-0.2, 0) is 6.42 Å². The van der Waals surface area contributed by atoms with Crippen LogP contribution < -0.4 is 9.47 Å². The highest BCUT2D eigenvalue weighted by Gasteiger charge is 2.25. The fraction of sp³-hybridized carbons (Fsp3) is 0.500. The zero-order valence-corrected chi connectivity index (χ0v) is 18.2. The lowest BCUT2D eigenvalue weighted by atomic mass is 9.90. The maximum Gasteiger partial charge on any atom is 0.255 e. The minimum atomic E-state index is 0.0364. The van der Waals surface area contributed by atoms with Crippen LogP contribution in [0.25, 0.3) is 0 Å². The van der Waals surface area contributed by atoms with Crippen LogP contribution in [0.4, 0.5) is 0 Å². The summed E-state index contributed by atoms with van der Waals surface area (Å²) in [6.45, 7) is 1.54. The first-order valence-electron chi connectivity index (χ1n) is 10.9. The lowest BCUT2D eigenvalue weighted by Gasteiger charge is -2.32. The fourth-order valence-electron chi connectivity index (χ4n) is 4.48. The highest BCUT2D eigenvalue weighted by atomic mass is 35.5. The van der Waals surface area contributed by atoms with Gasteiger partial charge < -0.3 is 14.4 Å². The molecule has 6 heteroatoms. The molecule has 0 atom stereocenters. The number of rotatable bonds is 6. The summed E-state index contributed by atoms with van der Waals surface area (Å²) in [5, 5.41) is 0.404. The molecule has 1 saturated carbocycles. The van der Waals surface area contributed by atoms with Crippen molar-refractivity contribution in [1.82, 2.24) is 9.88 Å². The maximum atomic E-state index is 12.7. The molecular weight excluding hydrogens is 400 g/mol. The van der Waals surface area contributed by atoms with Gasteiger partial charge in [0.1, 0.15) is 5.15 Å². The third-order valence-corrected chi connectivity index (χ3v) is 6.45. The second-order valence-corrected chi connectivity index (χ2v) is 8.71. The number of likely N-dealkylation sites (tertiary alicyclic amines) is 1. The SMILES string of the molecule is COc1ccc(CC2CCN(C(=O)c3ccc(Cl)nc3)CC2)cc1OC1CCCC1. The number of benzene rings is 1. The number of aromatic nitrogens is 1. The van der Waals surface area contributed by atoms with Crippen molar-refractivity contribution < 1.29 is 14.3 Å².